The first-order chi connectivity index (χ1) is 10.6. The van der Waals surface area contributed by atoms with Gasteiger partial charge in [-0.05, 0) is 38.3 Å². The number of amides is 1. The number of nitrogens with one attached hydrogen (secondary N) is 1. The fourth-order valence-electron chi connectivity index (χ4n) is 2.58. The summed E-state index contributed by atoms with van der Waals surface area (Å²) in [5, 5.41) is 2.66. The predicted molar refractivity (Wildman–Crippen MR) is 89.3 cm³/mol. The normalized spacial score (nSPS) is 10.3. The first-order valence-corrected chi connectivity index (χ1v) is 8.03. The first-order valence-electron chi connectivity index (χ1n) is 8.03. The van der Waals surface area contributed by atoms with Crippen LogP contribution in [0, 0.1) is 0 Å². The lowest BCUT2D eigenvalue weighted by molar-refractivity contribution is -0.910. The molecule has 6 heteroatoms. The van der Waals surface area contributed by atoms with Crippen LogP contribution in [0.1, 0.15) is 32.6 Å². The Labute approximate surface area is 146 Å². The molecule has 1 N–H and O–H groups in total. The number of carbonyl (C=O) groups is 2. The molecule has 0 heterocycles. The molecule has 0 bridgehead atoms. The van der Waals surface area contributed by atoms with Crippen molar-refractivity contribution in [1.29, 1.82) is 0 Å². The number of halogens is 1. The number of quaternary nitrogens is 1. The maximum absolute atomic E-state index is 11.9. The molecular weight excluding hydrogens is 316 g/mol. The van der Waals surface area contributed by atoms with E-state index in [1.54, 1.807) is 0 Å². The fraction of sp³-hybridized carbons (Fsp3) is 0.647. The zero-order valence-electron chi connectivity index (χ0n) is 14.3. The van der Waals surface area contributed by atoms with Crippen LogP contribution >= 0.6 is 0 Å². The van der Waals surface area contributed by atoms with Crippen LogP contribution in [-0.2, 0) is 14.3 Å². The second-order valence-corrected chi connectivity index (χ2v) is 5.46. The monoisotopic (exact) mass is 346 g/mol. The molecule has 1 amide bonds. The Kier molecular flexibility index (Phi) is 16.2. The van der Waals surface area contributed by atoms with Crippen LogP contribution in [0.4, 0.5) is 0 Å². The Morgan fingerprint density at radius 1 is 1.13 bits per heavy atom. The van der Waals surface area contributed by atoms with Crippen LogP contribution in [0.25, 0.3) is 0 Å². The molecule has 0 radical (unpaired) electrons. The number of unbranched alkanes of at least 4 members (excludes halogenated alkanes) is 3. The minimum absolute atomic E-state index is 0. The maximum Gasteiger partial charge on any atom is 0.361 e. The summed E-state index contributed by atoms with van der Waals surface area (Å²) in [6, 6.07) is 0. The largest absolute Gasteiger partial charge is 1.00 e. The van der Waals surface area contributed by atoms with Crippen molar-refractivity contribution in [3.05, 3.63) is 25.3 Å². The highest BCUT2D eigenvalue weighted by Gasteiger charge is 2.28. The molecule has 0 aromatic rings. The highest BCUT2D eigenvalue weighted by atomic mass is 35.5. The van der Waals surface area contributed by atoms with Gasteiger partial charge >= 0.3 is 5.97 Å². The van der Waals surface area contributed by atoms with Gasteiger partial charge in [0, 0.05) is 6.54 Å². The van der Waals surface area contributed by atoms with Gasteiger partial charge in [-0.3, -0.25) is 4.79 Å². The molecule has 0 aromatic heterocycles. The molecule has 5 nitrogen and oxygen atoms in total. The average Bonchev–Trinajstić information content (AvgIpc) is 2.47. The molecule has 0 aliphatic rings. The zero-order valence-corrected chi connectivity index (χ0v) is 15.0. The molecule has 0 fully saturated rings. The Hall–Kier alpha value is -1.33. The van der Waals surface area contributed by atoms with Crippen LogP contribution in [-0.4, -0.2) is 56.2 Å². The van der Waals surface area contributed by atoms with Gasteiger partial charge in [0.05, 0.1) is 26.2 Å². The van der Waals surface area contributed by atoms with E-state index in [0.717, 1.165) is 58.3 Å². The van der Waals surface area contributed by atoms with Crippen LogP contribution in [0.5, 0.6) is 0 Å². The molecule has 0 saturated heterocycles. The molecule has 0 saturated carbocycles. The number of carbonyl (C=O) groups excluding carboxylic acids is 2. The molecule has 0 aliphatic heterocycles. The van der Waals surface area contributed by atoms with Crippen LogP contribution in [0.15, 0.2) is 25.3 Å². The third-order valence-electron chi connectivity index (χ3n) is 3.59. The standard InChI is InChI=1S/C17H30N2O3.ClH/c1-4-12-19(13-5-2,15-17(21)22-6-3)14-10-8-7-9-11-18-16-20;/h4-5,16H,1-2,6-15H2,3H3;1H. The highest BCUT2D eigenvalue weighted by Crippen LogP contribution is 2.12. The number of ether oxygens (including phenoxy) is 1. The van der Waals surface area contributed by atoms with E-state index in [4.69, 9.17) is 4.74 Å². The van der Waals surface area contributed by atoms with Crippen molar-refractivity contribution in [2.45, 2.75) is 32.6 Å². The van der Waals surface area contributed by atoms with Gasteiger partial charge in [0.15, 0.2) is 6.54 Å². The minimum Gasteiger partial charge on any atom is -1.00 e. The van der Waals surface area contributed by atoms with Crippen LogP contribution < -0.4 is 17.7 Å². The van der Waals surface area contributed by atoms with Crippen molar-refractivity contribution in [2.24, 2.45) is 0 Å². The van der Waals surface area contributed by atoms with Crippen molar-refractivity contribution in [3.8, 4) is 0 Å². The van der Waals surface area contributed by atoms with E-state index in [-0.39, 0.29) is 18.4 Å². The van der Waals surface area contributed by atoms with E-state index in [9.17, 15) is 9.59 Å². The van der Waals surface area contributed by atoms with Gasteiger partial charge in [0.2, 0.25) is 6.41 Å². The van der Waals surface area contributed by atoms with Gasteiger partial charge in [0.1, 0.15) is 0 Å². The number of hydrogen-bond donors (Lipinski definition) is 1. The van der Waals surface area contributed by atoms with Crippen molar-refractivity contribution in [3.63, 3.8) is 0 Å². The SMILES string of the molecule is C=CC[N+](CC=C)(CCCCCCNC=O)CC(=O)OCC.[Cl-]. The van der Waals surface area contributed by atoms with E-state index in [0.29, 0.717) is 17.6 Å². The van der Waals surface area contributed by atoms with E-state index in [1.165, 1.54) is 0 Å². The summed E-state index contributed by atoms with van der Waals surface area (Å²) in [6.07, 6.45) is 8.62. The quantitative estimate of drug-likeness (QED) is 0.137. The average molecular weight is 347 g/mol. The third kappa shape index (κ3) is 11.8. The van der Waals surface area contributed by atoms with Gasteiger partial charge in [-0.15, -0.1) is 0 Å². The molecule has 0 aromatic carbocycles. The molecule has 0 spiro atoms. The second kappa shape index (κ2) is 15.6. The zero-order chi connectivity index (χ0) is 16.7. The van der Waals surface area contributed by atoms with Gasteiger partial charge in [0.25, 0.3) is 0 Å². The Morgan fingerprint density at radius 3 is 2.26 bits per heavy atom. The first kappa shape index (κ1) is 23.9. The summed E-state index contributed by atoms with van der Waals surface area (Å²) in [5.41, 5.74) is 0. The van der Waals surface area contributed by atoms with Gasteiger partial charge in [-0.1, -0.05) is 19.6 Å². The van der Waals surface area contributed by atoms with Crippen molar-refractivity contribution in [2.75, 3.05) is 39.3 Å². The molecule has 0 atom stereocenters. The molecule has 0 aliphatic carbocycles. The summed E-state index contributed by atoms with van der Waals surface area (Å²) in [7, 11) is 0. The third-order valence-corrected chi connectivity index (χ3v) is 3.59. The summed E-state index contributed by atoms with van der Waals surface area (Å²) in [5.74, 6) is -0.165. The molecule has 134 valence electrons. The molecular formula is C17H31ClN2O3. The molecule has 0 unspecified atom stereocenters. The van der Waals surface area contributed by atoms with E-state index >= 15 is 0 Å². The lowest BCUT2D eigenvalue weighted by atomic mass is 10.1. The fourth-order valence-corrected chi connectivity index (χ4v) is 2.58. The molecule has 23 heavy (non-hydrogen) atoms. The van der Waals surface area contributed by atoms with Crippen LogP contribution in [0.3, 0.4) is 0 Å². The smallest absolute Gasteiger partial charge is 0.361 e. The lowest BCUT2D eigenvalue weighted by Crippen LogP contribution is -3.00. The topological polar surface area (TPSA) is 55.4 Å². The van der Waals surface area contributed by atoms with Gasteiger partial charge in [-0.2, -0.15) is 0 Å². The summed E-state index contributed by atoms with van der Waals surface area (Å²) in [4.78, 5) is 22.0. The predicted octanol–water partition coefficient (Wildman–Crippen LogP) is -0.951. The Morgan fingerprint density at radius 2 is 1.74 bits per heavy atom. The Bertz CT molecular complexity index is 339. The van der Waals surface area contributed by atoms with E-state index in [1.807, 2.05) is 19.1 Å². The minimum atomic E-state index is -0.165. The van der Waals surface area contributed by atoms with Crippen molar-refractivity contribution >= 4 is 12.4 Å². The van der Waals surface area contributed by atoms with Gasteiger partial charge in [-0.25, -0.2) is 4.79 Å². The summed E-state index contributed by atoms with van der Waals surface area (Å²) < 4.78 is 5.72. The number of nitrogens with zero attached hydrogens (tertiary/aromatic N) is 1. The van der Waals surface area contributed by atoms with Crippen LogP contribution in [0.2, 0.25) is 0 Å². The van der Waals surface area contributed by atoms with Gasteiger partial charge < -0.3 is 26.9 Å². The summed E-state index contributed by atoms with van der Waals surface area (Å²) in [6.45, 7) is 13.3. The highest BCUT2D eigenvalue weighted by molar-refractivity contribution is 5.70. The summed E-state index contributed by atoms with van der Waals surface area (Å²) >= 11 is 0. The lowest BCUT2D eigenvalue weighted by Gasteiger charge is -2.36. The van der Waals surface area contributed by atoms with E-state index < -0.39 is 0 Å². The number of rotatable bonds is 15. The maximum atomic E-state index is 11.9. The van der Waals surface area contributed by atoms with Crippen molar-refractivity contribution in [1.82, 2.24) is 5.32 Å². The van der Waals surface area contributed by atoms with E-state index in [2.05, 4.69) is 18.5 Å². The number of esters is 1. The molecule has 0 rings (SSSR count). The number of hydrogen-bond acceptors (Lipinski definition) is 3. The van der Waals surface area contributed by atoms with Crippen molar-refractivity contribution < 1.29 is 31.2 Å². The Balaban J connectivity index is 0. The second-order valence-electron chi connectivity index (χ2n) is 5.46.